The van der Waals surface area contributed by atoms with Gasteiger partial charge in [-0.05, 0) is 48.6 Å². The summed E-state index contributed by atoms with van der Waals surface area (Å²) in [5.41, 5.74) is 2.02. The van der Waals surface area contributed by atoms with Gasteiger partial charge in [0.2, 0.25) is 21.8 Å². The molecule has 0 fully saturated rings. The van der Waals surface area contributed by atoms with E-state index in [4.69, 9.17) is 11.6 Å². The van der Waals surface area contributed by atoms with Gasteiger partial charge in [-0.2, -0.15) is 0 Å². The molecule has 1 atom stereocenters. The Hall–Kier alpha value is -2.58. The molecule has 0 heterocycles. The number of para-hydroxylation sites is 1. The largest absolute Gasteiger partial charge is 0.354 e. The van der Waals surface area contributed by atoms with Crippen molar-refractivity contribution in [3.63, 3.8) is 0 Å². The molecule has 0 saturated heterocycles. The summed E-state index contributed by atoms with van der Waals surface area (Å²) in [5, 5.41) is 3.38. The zero-order valence-corrected chi connectivity index (χ0v) is 22.7. The Balaban J connectivity index is 2.42. The van der Waals surface area contributed by atoms with Crippen molar-refractivity contribution in [1.29, 1.82) is 0 Å². The van der Waals surface area contributed by atoms with E-state index in [1.54, 1.807) is 37.3 Å². The molecule has 0 aliphatic rings. The van der Waals surface area contributed by atoms with E-state index in [1.807, 2.05) is 39.0 Å². The summed E-state index contributed by atoms with van der Waals surface area (Å²) in [6, 6.07) is 13.4. The van der Waals surface area contributed by atoms with E-state index < -0.39 is 28.5 Å². The fourth-order valence-electron chi connectivity index (χ4n) is 3.75. The highest BCUT2D eigenvalue weighted by atomic mass is 35.5. The number of nitrogens with zero attached hydrogens (tertiary/aromatic N) is 2. The molecule has 2 amide bonds. The maximum absolute atomic E-state index is 13.6. The topological polar surface area (TPSA) is 86.8 Å². The van der Waals surface area contributed by atoms with Gasteiger partial charge in [0.25, 0.3) is 0 Å². The lowest BCUT2D eigenvalue weighted by molar-refractivity contribution is -0.139. The van der Waals surface area contributed by atoms with Crippen molar-refractivity contribution >= 4 is 39.1 Å². The predicted octanol–water partition coefficient (Wildman–Crippen LogP) is 4.56. The molecule has 0 spiro atoms. The summed E-state index contributed by atoms with van der Waals surface area (Å²) in [7, 11) is -3.78. The fourth-order valence-corrected chi connectivity index (χ4v) is 4.83. The van der Waals surface area contributed by atoms with Gasteiger partial charge in [0.15, 0.2) is 0 Å². The van der Waals surface area contributed by atoms with Gasteiger partial charge in [0.1, 0.15) is 12.6 Å². The van der Waals surface area contributed by atoms with E-state index in [9.17, 15) is 18.0 Å². The van der Waals surface area contributed by atoms with E-state index >= 15 is 0 Å². The van der Waals surface area contributed by atoms with Crippen LogP contribution < -0.4 is 9.62 Å². The van der Waals surface area contributed by atoms with Gasteiger partial charge in [0, 0.05) is 18.1 Å². The van der Waals surface area contributed by atoms with Crippen LogP contribution in [0, 0.1) is 0 Å². The number of amides is 2. The Kier molecular flexibility index (Phi) is 10.6. The molecule has 35 heavy (non-hydrogen) atoms. The molecular formula is C26H36ClN3O4S. The highest BCUT2D eigenvalue weighted by Crippen LogP contribution is 2.29. The minimum absolute atomic E-state index is 0.0522. The molecule has 0 aromatic heterocycles. The van der Waals surface area contributed by atoms with Gasteiger partial charge >= 0.3 is 0 Å². The van der Waals surface area contributed by atoms with Crippen molar-refractivity contribution in [3.05, 3.63) is 64.7 Å². The van der Waals surface area contributed by atoms with Gasteiger partial charge in [-0.15, -0.1) is 0 Å². The zero-order chi connectivity index (χ0) is 26.2. The van der Waals surface area contributed by atoms with Gasteiger partial charge in [-0.1, -0.05) is 69.1 Å². The number of hydrogen-bond donors (Lipinski definition) is 1. The molecule has 0 saturated carbocycles. The summed E-state index contributed by atoms with van der Waals surface area (Å²) >= 11 is 6.14. The average molecular weight is 522 g/mol. The number of carbonyl (C=O) groups excluding carboxylic acids is 2. The second-order valence-corrected chi connectivity index (χ2v) is 11.3. The quantitative estimate of drug-likeness (QED) is 0.415. The Morgan fingerprint density at radius 2 is 1.74 bits per heavy atom. The predicted molar refractivity (Wildman–Crippen MR) is 142 cm³/mol. The molecule has 2 rings (SSSR count). The third-order valence-corrected chi connectivity index (χ3v) is 7.11. The first-order valence-corrected chi connectivity index (χ1v) is 14.1. The number of carbonyl (C=O) groups is 2. The molecule has 0 bridgehead atoms. The Labute approximate surface area is 214 Å². The number of unbranched alkanes of at least 4 members (excludes halogenated alkanes) is 1. The molecule has 192 valence electrons. The van der Waals surface area contributed by atoms with Crippen molar-refractivity contribution in [2.24, 2.45) is 0 Å². The van der Waals surface area contributed by atoms with Crippen molar-refractivity contribution in [2.75, 3.05) is 23.7 Å². The van der Waals surface area contributed by atoms with Crippen LogP contribution >= 0.6 is 11.6 Å². The lowest BCUT2D eigenvalue weighted by Crippen LogP contribution is -2.51. The Morgan fingerprint density at radius 3 is 2.34 bits per heavy atom. The van der Waals surface area contributed by atoms with E-state index in [2.05, 4.69) is 5.32 Å². The first-order chi connectivity index (χ1) is 16.5. The smallest absolute Gasteiger partial charge is 0.244 e. The van der Waals surface area contributed by atoms with E-state index in [1.165, 1.54) is 4.90 Å². The van der Waals surface area contributed by atoms with E-state index in [0.29, 0.717) is 17.3 Å². The first-order valence-electron chi connectivity index (χ1n) is 11.8. The number of nitrogens with one attached hydrogen (secondary N) is 1. The van der Waals surface area contributed by atoms with Crippen LogP contribution in [-0.2, 0) is 26.2 Å². The van der Waals surface area contributed by atoms with Gasteiger partial charge in [-0.25, -0.2) is 8.42 Å². The average Bonchev–Trinajstić information content (AvgIpc) is 2.79. The lowest BCUT2D eigenvalue weighted by atomic mass is 10.0. The molecule has 2 aromatic carbocycles. The number of rotatable bonds is 12. The number of anilines is 1. The highest BCUT2D eigenvalue weighted by Gasteiger charge is 2.31. The molecule has 0 aliphatic heterocycles. The number of sulfonamides is 1. The third-order valence-electron chi connectivity index (χ3n) is 5.75. The molecule has 1 N–H and O–H groups in total. The van der Waals surface area contributed by atoms with Gasteiger partial charge in [-0.3, -0.25) is 13.9 Å². The maximum atomic E-state index is 13.6. The molecule has 0 aliphatic carbocycles. The fraction of sp³-hybridized carbons (Fsp3) is 0.462. The van der Waals surface area contributed by atoms with Crippen molar-refractivity contribution < 1.29 is 18.0 Å². The Bertz CT molecular complexity index is 1120. The van der Waals surface area contributed by atoms with Crippen LogP contribution in [-0.4, -0.2) is 50.5 Å². The second kappa shape index (κ2) is 12.9. The third kappa shape index (κ3) is 8.25. The summed E-state index contributed by atoms with van der Waals surface area (Å²) in [4.78, 5) is 27.9. The maximum Gasteiger partial charge on any atom is 0.244 e. The lowest BCUT2D eigenvalue weighted by Gasteiger charge is -2.32. The van der Waals surface area contributed by atoms with E-state index in [-0.39, 0.29) is 18.4 Å². The number of halogens is 1. The number of benzene rings is 2. The van der Waals surface area contributed by atoms with Gasteiger partial charge in [0.05, 0.1) is 11.9 Å². The van der Waals surface area contributed by atoms with Crippen molar-refractivity contribution in [3.8, 4) is 0 Å². The standard InChI is InChI=1S/C26H36ClN3O4S/c1-6-7-15-28-26(32)20(4)29(17-21-11-10-12-22(27)16-21)25(31)18-30(35(5,33)34)24-14-9-8-13-23(24)19(2)3/h8-14,16,19-20H,6-7,15,17-18H2,1-5H3,(H,28,32). The van der Waals surface area contributed by atoms with Crippen LogP contribution in [0.3, 0.4) is 0 Å². The van der Waals surface area contributed by atoms with Crippen LogP contribution in [0.2, 0.25) is 5.02 Å². The summed E-state index contributed by atoms with van der Waals surface area (Å²) in [6.45, 7) is 7.82. The summed E-state index contributed by atoms with van der Waals surface area (Å²) in [5.74, 6) is -0.717. The van der Waals surface area contributed by atoms with Crippen LogP contribution in [0.25, 0.3) is 0 Å². The van der Waals surface area contributed by atoms with Gasteiger partial charge < -0.3 is 10.2 Å². The molecule has 9 heteroatoms. The normalized spacial score (nSPS) is 12.3. The van der Waals surface area contributed by atoms with Crippen LogP contribution in [0.15, 0.2) is 48.5 Å². The van der Waals surface area contributed by atoms with Crippen LogP contribution in [0.5, 0.6) is 0 Å². The number of hydrogen-bond acceptors (Lipinski definition) is 4. The second-order valence-electron chi connectivity index (χ2n) is 8.96. The monoisotopic (exact) mass is 521 g/mol. The van der Waals surface area contributed by atoms with Crippen LogP contribution in [0.1, 0.15) is 57.6 Å². The molecule has 1 unspecified atom stereocenters. The molecule has 7 nitrogen and oxygen atoms in total. The molecule has 0 radical (unpaired) electrons. The summed E-state index contributed by atoms with van der Waals surface area (Å²) in [6.07, 6.45) is 2.84. The Morgan fingerprint density at radius 1 is 1.06 bits per heavy atom. The first kappa shape index (κ1) is 28.7. The molecular weight excluding hydrogens is 486 g/mol. The van der Waals surface area contributed by atoms with Crippen LogP contribution in [0.4, 0.5) is 5.69 Å². The van der Waals surface area contributed by atoms with Crippen molar-refractivity contribution in [2.45, 2.75) is 59.0 Å². The highest BCUT2D eigenvalue weighted by molar-refractivity contribution is 7.92. The molecule has 2 aromatic rings. The minimum Gasteiger partial charge on any atom is -0.354 e. The zero-order valence-electron chi connectivity index (χ0n) is 21.1. The van der Waals surface area contributed by atoms with E-state index in [0.717, 1.165) is 34.5 Å². The SMILES string of the molecule is CCCCNC(=O)C(C)N(Cc1cccc(Cl)c1)C(=O)CN(c1ccccc1C(C)C)S(C)(=O)=O. The van der Waals surface area contributed by atoms with Crippen molar-refractivity contribution in [1.82, 2.24) is 10.2 Å². The minimum atomic E-state index is -3.78. The summed E-state index contributed by atoms with van der Waals surface area (Å²) < 4.78 is 26.7.